The van der Waals surface area contributed by atoms with Crippen LogP contribution in [0, 0.1) is 0 Å². The summed E-state index contributed by atoms with van der Waals surface area (Å²) < 4.78 is 6.58. The first-order valence-corrected chi connectivity index (χ1v) is 8.48. The summed E-state index contributed by atoms with van der Waals surface area (Å²) in [6, 6.07) is 10.3. The second-order valence-corrected chi connectivity index (χ2v) is 5.96. The Morgan fingerprint density at radius 3 is 2.62 bits per heavy atom. The van der Waals surface area contributed by atoms with Crippen molar-refractivity contribution in [1.29, 1.82) is 0 Å². The van der Waals surface area contributed by atoms with Gasteiger partial charge in [-0.15, -0.1) is 0 Å². The number of benzene rings is 1. The molecule has 1 aliphatic carbocycles. The van der Waals surface area contributed by atoms with E-state index in [-0.39, 0.29) is 5.69 Å². The Bertz CT molecular complexity index is 812. The molecule has 8 heteroatoms. The molecule has 1 saturated carbocycles. The number of hydrogen-bond acceptors (Lipinski definition) is 5. The molecule has 0 atom stereocenters. The second-order valence-electron chi connectivity index (χ2n) is 5.96. The van der Waals surface area contributed by atoms with E-state index < -0.39 is 24.5 Å². The molecule has 0 saturated heterocycles. The lowest BCUT2D eigenvalue weighted by Gasteiger charge is -2.08. The van der Waals surface area contributed by atoms with Gasteiger partial charge in [-0.2, -0.15) is 5.10 Å². The molecule has 2 N–H and O–H groups in total. The van der Waals surface area contributed by atoms with Crippen molar-refractivity contribution in [3.63, 3.8) is 0 Å². The van der Waals surface area contributed by atoms with Crippen molar-refractivity contribution in [2.45, 2.75) is 25.7 Å². The smallest absolute Gasteiger partial charge is 0.357 e. The molecule has 0 spiro atoms. The number of carbonyl (C=O) groups excluding carboxylic acids is 3. The number of para-hydroxylation sites is 1. The SMILES string of the molecule is CCNC(=O)NC(=O)COC(=O)c1cc(C2CC2)nn1-c1ccccc1. The van der Waals surface area contributed by atoms with Gasteiger partial charge < -0.3 is 10.1 Å². The third-order valence-electron chi connectivity index (χ3n) is 3.86. The number of nitrogens with zero attached hydrogens (tertiary/aromatic N) is 2. The van der Waals surface area contributed by atoms with Crippen LogP contribution in [-0.4, -0.2) is 40.8 Å². The Kier molecular flexibility index (Phi) is 5.31. The molecule has 3 rings (SSSR count). The van der Waals surface area contributed by atoms with Gasteiger partial charge in [-0.05, 0) is 38.0 Å². The maximum absolute atomic E-state index is 12.4. The molecule has 26 heavy (non-hydrogen) atoms. The number of ether oxygens (including phenoxy) is 1. The summed E-state index contributed by atoms with van der Waals surface area (Å²) in [5.41, 5.74) is 1.83. The molecule has 1 aromatic carbocycles. The van der Waals surface area contributed by atoms with Crippen LogP contribution in [0.4, 0.5) is 4.79 Å². The van der Waals surface area contributed by atoms with Gasteiger partial charge in [0, 0.05) is 12.5 Å². The van der Waals surface area contributed by atoms with Gasteiger partial charge in [0.15, 0.2) is 12.3 Å². The third kappa shape index (κ3) is 4.27. The van der Waals surface area contributed by atoms with E-state index in [9.17, 15) is 14.4 Å². The van der Waals surface area contributed by atoms with Gasteiger partial charge >= 0.3 is 12.0 Å². The highest BCUT2D eigenvalue weighted by Crippen LogP contribution is 2.39. The van der Waals surface area contributed by atoms with Gasteiger partial charge in [-0.25, -0.2) is 14.3 Å². The minimum atomic E-state index is -0.697. The fourth-order valence-corrected chi connectivity index (χ4v) is 2.46. The van der Waals surface area contributed by atoms with Crippen LogP contribution in [-0.2, 0) is 9.53 Å². The number of carbonyl (C=O) groups is 3. The summed E-state index contributed by atoms with van der Waals surface area (Å²) in [4.78, 5) is 35.4. The molecule has 0 radical (unpaired) electrons. The molecule has 2 aromatic rings. The zero-order valence-corrected chi connectivity index (χ0v) is 14.4. The molecule has 0 bridgehead atoms. The molecular formula is C18H20N4O4. The number of urea groups is 1. The molecule has 3 amide bonds. The van der Waals surface area contributed by atoms with Crippen molar-refractivity contribution >= 4 is 17.9 Å². The average Bonchev–Trinajstić information content (AvgIpc) is 3.39. The lowest BCUT2D eigenvalue weighted by Crippen LogP contribution is -2.41. The first-order chi connectivity index (χ1) is 12.6. The van der Waals surface area contributed by atoms with Crippen molar-refractivity contribution in [1.82, 2.24) is 20.4 Å². The van der Waals surface area contributed by atoms with Gasteiger partial charge in [0.25, 0.3) is 5.91 Å². The van der Waals surface area contributed by atoms with Crippen LogP contribution in [0.25, 0.3) is 5.69 Å². The number of amides is 3. The van der Waals surface area contributed by atoms with Crippen LogP contribution >= 0.6 is 0 Å². The number of imide groups is 1. The molecular weight excluding hydrogens is 336 g/mol. The largest absolute Gasteiger partial charge is 0.451 e. The van der Waals surface area contributed by atoms with E-state index >= 15 is 0 Å². The van der Waals surface area contributed by atoms with Crippen LogP contribution in [0.2, 0.25) is 0 Å². The summed E-state index contributed by atoms with van der Waals surface area (Å²) >= 11 is 0. The van der Waals surface area contributed by atoms with Gasteiger partial charge in [0.05, 0.1) is 11.4 Å². The van der Waals surface area contributed by atoms with Gasteiger partial charge in [0.1, 0.15) is 0 Å². The summed E-state index contributed by atoms with van der Waals surface area (Å²) in [6.45, 7) is 1.57. The average molecular weight is 356 g/mol. The maximum atomic E-state index is 12.4. The highest BCUT2D eigenvalue weighted by molar-refractivity contribution is 5.96. The number of nitrogens with one attached hydrogen (secondary N) is 2. The van der Waals surface area contributed by atoms with Crippen molar-refractivity contribution in [2.24, 2.45) is 0 Å². The Hall–Kier alpha value is -3.16. The van der Waals surface area contributed by atoms with E-state index in [1.165, 1.54) is 4.68 Å². The van der Waals surface area contributed by atoms with Gasteiger partial charge in [0.2, 0.25) is 0 Å². The van der Waals surface area contributed by atoms with Crippen molar-refractivity contribution in [3.05, 3.63) is 47.8 Å². The Balaban J connectivity index is 1.70. The van der Waals surface area contributed by atoms with E-state index in [4.69, 9.17) is 4.74 Å². The van der Waals surface area contributed by atoms with Gasteiger partial charge in [-0.3, -0.25) is 10.1 Å². The van der Waals surface area contributed by atoms with Crippen LogP contribution < -0.4 is 10.6 Å². The Morgan fingerprint density at radius 1 is 1.23 bits per heavy atom. The van der Waals surface area contributed by atoms with E-state index in [1.807, 2.05) is 30.3 Å². The lowest BCUT2D eigenvalue weighted by atomic mass is 10.2. The number of aromatic nitrogens is 2. The van der Waals surface area contributed by atoms with Crippen LogP contribution in [0.1, 0.15) is 41.9 Å². The molecule has 1 fully saturated rings. The zero-order valence-electron chi connectivity index (χ0n) is 14.4. The molecule has 8 nitrogen and oxygen atoms in total. The lowest BCUT2D eigenvalue weighted by molar-refractivity contribution is -0.123. The van der Waals surface area contributed by atoms with Crippen molar-refractivity contribution in [2.75, 3.05) is 13.2 Å². The standard InChI is InChI=1S/C18H20N4O4/c1-2-19-18(25)20-16(23)11-26-17(24)15-10-14(12-8-9-12)21-22(15)13-6-4-3-5-7-13/h3-7,10,12H,2,8-9,11H2,1H3,(H2,19,20,23,25). The monoisotopic (exact) mass is 356 g/mol. The highest BCUT2D eigenvalue weighted by Gasteiger charge is 2.29. The van der Waals surface area contributed by atoms with Crippen LogP contribution in [0.3, 0.4) is 0 Å². The number of esters is 1. The Labute approximate surface area is 150 Å². The molecule has 136 valence electrons. The van der Waals surface area contributed by atoms with Gasteiger partial charge in [-0.1, -0.05) is 18.2 Å². The Morgan fingerprint density at radius 2 is 1.96 bits per heavy atom. The normalized spacial score (nSPS) is 13.1. The topological polar surface area (TPSA) is 102 Å². The second kappa shape index (κ2) is 7.81. The zero-order chi connectivity index (χ0) is 18.5. The van der Waals surface area contributed by atoms with E-state index in [1.54, 1.807) is 13.0 Å². The van der Waals surface area contributed by atoms with E-state index in [2.05, 4.69) is 15.7 Å². The summed E-state index contributed by atoms with van der Waals surface area (Å²) in [7, 11) is 0. The molecule has 0 aliphatic heterocycles. The van der Waals surface area contributed by atoms with E-state index in [0.29, 0.717) is 12.5 Å². The fraction of sp³-hybridized carbons (Fsp3) is 0.333. The minimum Gasteiger partial charge on any atom is -0.451 e. The highest BCUT2D eigenvalue weighted by atomic mass is 16.5. The fourth-order valence-electron chi connectivity index (χ4n) is 2.46. The first kappa shape index (κ1) is 17.7. The molecule has 1 aliphatic rings. The minimum absolute atomic E-state index is 0.254. The molecule has 1 heterocycles. The predicted molar refractivity (Wildman–Crippen MR) is 93.0 cm³/mol. The third-order valence-corrected chi connectivity index (χ3v) is 3.86. The van der Waals surface area contributed by atoms with Crippen molar-refractivity contribution in [3.8, 4) is 5.69 Å². The summed E-state index contributed by atoms with van der Waals surface area (Å²) in [5, 5.41) is 9.02. The van der Waals surface area contributed by atoms with Crippen LogP contribution in [0.15, 0.2) is 36.4 Å². The number of hydrogen-bond donors (Lipinski definition) is 2. The number of rotatable bonds is 6. The molecule has 0 unspecified atom stereocenters. The van der Waals surface area contributed by atoms with E-state index in [0.717, 1.165) is 24.2 Å². The van der Waals surface area contributed by atoms with Crippen molar-refractivity contribution < 1.29 is 19.1 Å². The first-order valence-electron chi connectivity index (χ1n) is 8.48. The quantitative estimate of drug-likeness (QED) is 0.768. The van der Waals surface area contributed by atoms with Crippen LogP contribution in [0.5, 0.6) is 0 Å². The molecule has 1 aromatic heterocycles. The summed E-state index contributed by atoms with van der Waals surface area (Å²) in [6.07, 6.45) is 2.10. The predicted octanol–water partition coefficient (Wildman–Crippen LogP) is 1.75. The summed E-state index contributed by atoms with van der Waals surface area (Å²) in [5.74, 6) is -0.996. The maximum Gasteiger partial charge on any atom is 0.357 e.